The van der Waals surface area contributed by atoms with Crippen molar-refractivity contribution in [3.8, 4) is 56.2 Å². The van der Waals surface area contributed by atoms with E-state index in [1.54, 1.807) is 0 Å². The van der Waals surface area contributed by atoms with E-state index in [0.717, 1.165) is 111 Å². The summed E-state index contributed by atoms with van der Waals surface area (Å²) in [5.41, 5.74) is 14.8. The van der Waals surface area contributed by atoms with Crippen LogP contribution in [0.25, 0.3) is 111 Å². The molecule has 0 fully saturated rings. The molecule has 7 aromatic carbocycles. The average molecular weight is 703 g/mol. The van der Waals surface area contributed by atoms with Crippen molar-refractivity contribution in [2.75, 3.05) is 0 Å². The van der Waals surface area contributed by atoms with Crippen LogP contribution in [0.2, 0.25) is 0 Å². The van der Waals surface area contributed by atoms with E-state index in [-0.39, 0.29) is 0 Å². The van der Waals surface area contributed by atoms with Gasteiger partial charge in [0, 0.05) is 43.8 Å². The topological polar surface area (TPSA) is 64.7 Å². The lowest BCUT2D eigenvalue weighted by Crippen LogP contribution is -1.96. The van der Waals surface area contributed by atoms with Gasteiger partial charge in [-0.3, -0.25) is 0 Å². The minimum Gasteiger partial charge on any atom is -0.455 e. The second-order valence-corrected chi connectivity index (χ2v) is 13.8. The van der Waals surface area contributed by atoms with Gasteiger partial charge >= 0.3 is 0 Å². The maximum absolute atomic E-state index is 6.37. The molecule has 256 valence electrons. The summed E-state index contributed by atoms with van der Waals surface area (Å²) >= 11 is 0. The second kappa shape index (κ2) is 12.6. The van der Waals surface area contributed by atoms with E-state index in [0.29, 0.717) is 0 Å². The largest absolute Gasteiger partial charge is 0.455 e. The number of aromatic nitrogens is 4. The van der Waals surface area contributed by atoms with Crippen LogP contribution in [0.3, 0.4) is 0 Å². The smallest absolute Gasteiger partial charge is 0.144 e. The van der Waals surface area contributed by atoms with Crippen LogP contribution in [0.15, 0.2) is 186 Å². The number of furan rings is 1. The monoisotopic (exact) mass is 702 g/mol. The first-order chi connectivity index (χ1) is 27.2. The Morgan fingerprint density at radius 3 is 1.67 bits per heavy atom. The van der Waals surface area contributed by atoms with E-state index >= 15 is 0 Å². The van der Waals surface area contributed by atoms with Crippen molar-refractivity contribution in [3.05, 3.63) is 182 Å². The van der Waals surface area contributed by atoms with Crippen LogP contribution >= 0.6 is 0 Å². The number of pyridine rings is 2. The molecule has 4 heterocycles. The first-order valence-corrected chi connectivity index (χ1v) is 18.4. The summed E-state index contributed by atoms with van der Waals surface area (Å²) in [7, 11) is 0. The quantitative estimate of drug-likeness (QED) is 0.167. The zero-order valence-electron chi connectivity index (χ0n) is 29.5. The number of para-hydroxylation sites is 2. The lowest BCUT2D eigenvalue weighted by atomic mass is 9.99. The fraction of sp³-hybridized carbons (Fsp3) is 0. The molecule has 0 radical (unpaired) electrons. The highest BCUT2D eigenvalue weighted by Gasteiger charge is 2.16. The van der Waals surface area contributed by atoms with Gasteiger partial charge in [0.1, 0.15) is 11.2 Å². The molecule has 0 atom stereocenters. The van der Waals surface area contributed by atoms with Crippen molar-refractivity contribution >= 4 is 54.8 Å². The molecule has 0 spiro atoms. The molecule has 0 saturated heterocycles. The lowest BCUT2D eigenvalue weighted by molar-refractivity contribution is 0.670. The summed E-state index contributed by atoms with van der Waals surface area (Å²) in [5.74, 6) is 0. The molecular weight excluding hydrogens is 673 g/mol. The van der Waals surface area contributed by atoms with Gasteiger partial charge in [-0.1, -0.05) is 140 Å². The van der Waals surface area contributed by atoms with Crippen molar-refractivity contribution in [2.24, 2.45) is 0 Å². The van der Waals surface area contributed by atoms with E-state index in [2.05, 4.69) is 127 Å². The molecule has 0 unspecified atom stereocenters. The van der Waals surface area contributed by atoms with Gasteiger partial charge in [-0.15, -0.1) is 0 Å². The van der Waals surface area contributed by atoms with E-state index in [4.69, 9.17) is 24.4 Å². The highest BCUT2D eigenvalue weighted by molar-refractivity contribution is 6.10. The second-order valence-electron chi connectivity index (χ2n) is 13.8. The van der Waals surface area contributed by atoms with Crippen molar-refractivity contribution in [1.82, 2.24) is 19.9 Å². The van der Waals surface area contributed by atoms with E-state index in [9.17, 15) is 0 Å². The highest BCUT2D eigenvalue weighted by Crippen LogP contribution is 2.37. The predicted molar refractivity (Wildman–Crippen MR) is 225 cm³/mol. The van der Waals surface area contributed by atoms with Crippen LogP contribution < -0.4 is 0 Å². The molecule has 5 nitrogen and oxygen atoms in total. The molecule has 0 N–H and O–H groups in total. The number of nitrogens with zero attached hydrogens (tertiary/aromatic N) is 4. The summed E-state index contributed by atoms with van der Waals surface area (Å²) in [6.07, 6.45) is 0. The highest BCUT2D eigenvalue weighted by atomic mass is 16.3. The molecule has 0 aliphatic carbocycles. The van der Waals surface area contributed by atoms with Gasteiger partial charge in [0.25, 0.3) is 0 Å². The maximum atomic E-state index is 6.37. The number of rotatable bonds is 5. The molecule has 4 aromatic heterocycles. The number of fused-ring (bicyclic) bond motifs is 7. The maximum Gasteiger partial charge on any atom is 0.144 e. The molecule has 11 aromatic rings. The Hall–Kier alpha value is -7.50. The van der Waals surface area contributed by atoms with E-state index in [1.165, 1.54) is 0 Å². The molecule has 55 heavy (non-hydrogen) atoms. The third-order valence-corrected chi connectivity index (χ3v) is 10.5. The first kappa shape index (κ1) is 31.1. The molecule has 0 aliphatic heterocycles. The van der Waals surface area contributed by atoms with Crippen LogP contribution in [0.4, 0.5) is 0 Å². The summed E-state index contributed by atoms with van der Waals surface area (Å²) in [5, 5.41) is 4.26. The molecule has 11 rings (SSSR count). The fourth-order valence-electron chi connectivity index (χ4n) is 7.71. The van der Waals surface area contributed by atoms with Crippen LogP contribution in [-0.2, 0) is 0 Å². The Balaban J connectivity index is 1.00. The van der Waals surface area contributed by atoms with Gasteiger partial charge < -0.3 is 4.42 Å². The van der Waals surface area contributed by atoms with E-state index in [1.807, 2.05) is 54.6 Å². The van der Waals surface area contributed by atoms with Crippen molar-refractivity contribution in [3.63, 3.8) is 0 Å². The van der Waals surface area contributed by atoms with Crippen LogP contribution in [0.1, 0.15) is 0 Å². The van der Waals surface area contributed by atoms with Gasteiger partial charge in [0.05, 0.1) is 44.8 Å². The number of hydrogen-bond acceptors (Lipinski definition) is 5. The summed E-state index contributed by atoms with van der Waals surface area (Å²) in [6.45, 7) is 0. The standard InChI is InChI=1S/C50H30N4O/c1-3-11-31(12-4-1)46-47(32-13-5-2-6-14-32)54-44-30-36(25-28-43(44)53-46)35-15-9-16-37(29-35)41-26-23-33-21-22-34-24-27-42(52-49(34)48(33)51-41)40-19-10-18-39-38-17-7-8-20-45(38)55-50(39)40/h1-30H. The van der Waals surface area contributed by atoms with Gasteiger partial charge in [0.2, 0.25) is 0 Å². The normalized spacial score (nSPS) is 11.6. The minimum absolute atomic E-state index is 0.842. The SMILES string of the molecule is c1ccc(-c2nc3ccc(-c4cccc(-c5ccc6ccc7ccc(-c8cccc9c8oc8ccccc89)nc7c6n5)c4)cc3nc2-c2ccccc2)cc1. The molecular formula is C50H30N4O. The van der Waals surface area contributed by atoms with E-state index < -0.39 is 0 Å². The molecule has 5 heteroatoms. The van der Waals surface area contributed by atoms with Crippen LogP contribution in [0.5, 0.6) is 0 Å². The average Bonchev–Trinajstić information content (AvgIpc) is 3.65. The Morgan fingerprint density at radius 2 is 0.909 bits per heavy atom. The van der Waals surface area contributed by atoms with Crippen molar-refractivity contribution in [1.29, 1.82) is 0 Å². The number of hydrogen-bond donors (Lipinski definition) is 0. The van der Waals surface area contributed by atoms with Crippen LogP contribution in [-0.4, -0.2) is 19.9 Å². The Bertz CT molecular complexity index is 3260. The summed E-state index contributed by atoms with van der Waals surface area (Å²) in [4.78, 5) is 20.9. The molecule has 0 aliphatic rings. The zero-order chi connectivity index (χ0) is 36.3. The first-order valence-electron chi connectivity index (χ1n) is 18.4. The fourth-order valence-corrected chi connectivity index (χ4v) is 7.71. The Morgan fingerprint density at radius 1 is 0.345 bits per heavy atom. The van der Waals surface area contributed by atoms with Gasteiger partial charge in [-0.05, 0) is 53.6 Å². The predicted octanol–water partition coefficient (Wildman–Crippen LogP) is 13.0. The lowest BCUT2D eigenvalue weighted by Gasteiger charge is -2.12. The van der Waals surface area contributed by atoms with Gasteiger partial charge in [-0.2, -0.15) is 0 Å². The minimum atomic E-state index is 0.842. The van der Waals surface area contributed by atoms with Gasteiger partial charge in [0.15, 0.2) is 0 Å². The van der Waals surface area contributed by atoms with Gasteiger partial charge in [-0.25, -0.2) is 19.9 Å². The third-order valence-electron chi connectivity index (χ3n) is 10.5. The van der Waals surface area contributed by atoms with Crippen LogP contribution in [0, 0.1) is 0 Å². The molecule has 0 saturated carbocycles. The zero-order valence-corrected chi connectivity index (χ0v) is 29.5. The summed E-state index contributed by atoms with van der Waals surface area (Å²) < 4.78 is 6.37. The number of benzene rings is 7. The Labute approximate surface area is 316 Å². The van der Waals surface area contributed by atoms with Crippen molar-refractivity contribution in [2.45, 2.75) is 0 Å². The Kier molecular flexibility index (Phi) is 7.10. The third kappa shape index (κ3) is 5.33. The molecule has 0 bridgehead atoms. The van der Waals surface area contributed by atoms with Crippen molar-refractivity contribution < 1.29 is 4.42 Å². The summed E-state index contributed by atoms with van der Waals surface area (Å²) in [6, 6.07) is 62.5. The molecule has 0 amide bonds.